The van der Waals surface area contributed by atoms with Gasteiger partial charge in [0.1, 0.15) is 0 Å². The fourth-order valence-corrected chi connectivity index (χ4v) is 2.54. The average Bonchev–Trinajstić information content (AvgIpc) is 2.48. The smallest absolute Gasteiger partial charge is 0.325 e. The van der Waals surface area contributed by atoms with Gasteiger partial charge in [0.05, 0.1) is 11.8 Å². The maximum atomic E-state index is 13.1. The molecule has 128 valence electrons. The normalized spacial score (nSPS) is 14.1. The highest BCUT2D eigenvalue weighted by Gasteiger charge is 2.45. The lowest BCUT2D eigenvalue weighted by atomic mass is 9.78. The minimum atomic E-state index is -4.45. The predicted molar refractivity (Wildman–Crippen MR) is 89.0 cm³/mol. The zero-order valence-electron chi connectivity index (χ0n) is 13.9. The molecule has 1 unspecified atom stereocenters. The van der Waals surface area contributed by atoms with Crippen LogP contribution in [0.4, 0.5) is 18.9 Å². The number of aryl methyl sites for hydroxylation is 2. The molecule has 2 aromatic rings. The third-order valence-electron chi connectivity index (χ3n) is 4.05. The van der Waals surface area contributed by atoms with E-state index in [2.05, 4.69) is 5.32 Å². The van der Waals surface area contributed by atoms with Crippen molar-refractivity contribution in [2.75, 3.05) is 5.32 Å². The molecule has 2 rings (SSSR count). The molecule has 0 spiro atoms. The van der Waals surface area contributed by atoms with Crippen LogP contribution in [0.3, 0.4) is 0 Å². The number of rotatable bonds is 4. The lowest BCUT2D eigenvalue weighted by molar-refractivity contribution is -0.155. The number of nitrogens with one attached hydrogen (secondary N) is 1. The van der Waals surface area contributed by atoms with E-state index in [1.165, 1.54) is 6.92 Å². The van der Waals surface area contributed by atoms with E-state index in [9.17, 15) is 18.0 Å². The molecule has 0 radical (unpaired) electrons. The van der Waals surface area contributed by atoms with Gasteiger partial charge < -0.3 is 5.32 Å². The fraction of sp³-hybridized carbons (Fsp3) is 0.316. The Balaban J connectivity index is 2.35. The van der Waals surface area contributed by atoms with E-state index in [-0.39, 0.29) is 0 Å². The van der Waals surface area contributed by atoms with Crippen LogP contribution >= 0.6 is 0 Å². The molecule has 5 heteroatoms. The molecule has 24 heavy (non-hydrogen) atoms. The number of halogens is 3. The van der Waals surface area contributed by atoms with Crippen molar-refractivity contribution in [3.63, 3.8) is 0 Å². The van der Waals surface area contributed by atoms with E-state index in [0.29, 0.717) is 11.3 Å². The molecule has 2 nitrogen and oxygen atoms in total. The van der Waals surface area contributed by atoms with Gasteiger partial charge in [-0.05, 0) is 38.5 Å². The number of carbonyl (C=O) groups excluding carboxylic acids is 1. The highest BCUT2D eigenvalue weighted by atomic mass is 19.4. The minimum Gasteiger partial charge on any atom is -0.325 e. The molecule has 0 aliphatic rings. The van der Waals surface area contributed by atoms with Crippen LogP contribution in [0.15, 0.2) is 48.5 Å². The summed E-state index contributed by atoms with van der Waals surface area (Å²) in [6.45, 7) is 5.07. The van der Waals surface area contributed by atoms with Crippen molar-refractivity contribution < 1.29 is 18.0 Å². The van der Waals surface area contributed by atoms with Crippen LogP contribution in [0.5, 0.6) is 0 Å². The fourth-order valence-electron chi connectivity index (χ4n) is 2.54. The maximum Gasteiger partial charge on any atom is 0.390 e. The Morgan fingerprint density at radius 3 is 1.83 bits per heavy atom. The predicted octanol–water partition coefficient (Wildman–Crippen LogP) is 5.15. The van der Waals surface area contributed by atoms with Gasteiger partial charge in [-0.3, -0.25) is 4.79 Å². The van der Waals surface area contributed by atoms with Crippen molar-refractivity contribution in [1.29, 1.82) is 0 Å². The minimum absolute atomic E-state index is 0.343. The zero-order chi connectivity index (χ0) is 18.0. The molecule has 1 atom stereocenters. The lowest BCUT2D eigenvalue weighted by Gasteiger charge is -2.30. The van der Waals surface area contributed by atoms with Crippen molar-refractivity contribution in [2.45, 2.75) is 38.8 Å². The van der Waals surface area contributed by atoms with E-state index in [1.54, 1.807) is 48.5 Å². The van der Waals surface area contributed by atoms with E-state index in [1.807, 2.05) is 13.8 Å². The monoisotopic (exact) mass is 335 g/mol. The van der Waals surface area contributed by atoms with Crippen molar-refractivity contribution in [2.24, 2.45) is 0 Å². The van der Waals surface area contributed by atoms with Crippen molar-refractivity contribution >= 4 is 11.6 Å². The van der Waals surface area contributed by atoms with Crippen molar-refractivity contribution in [3.05, 3.63) is 65.2 Å². The second kappa shape index (κ2) is 6.67. The van der Waals surface area contributed by atoms with Crippen LogP contribution in [0.2, 0.25) is 0 Å². The molecule has 0 fully saturated rings. The number of carbonyl (C=O) groups is 1. The highest BCUT2D eigenvalue weighted by Crippen LogP contribution is 2.37. The number of hydrogen-bond acceptors (Lipinski definition) is 1. The number of anilines is 1. The summed E-state index contributed by atoms with van der Waals surface area (Å²) in [6, 6.07) is 13.5. The van der Waals surface area contributed by atoms with Gasteiger partial charge in [-0.2, -0.15) is 13.2 Å². The third kappa shape index (κ3) is 4.37. The Bertz CT molecular complexity index is 705. The standard InChI is InChI=1S/C19H20F3NO/c1-13-4-8-15(9-5-13)18(3,12-19(20,21)22)17(24)23-16-10-6-14(2)7-11-16/h4-11H,12H2,1-3H3,(H,23,24). The van der Waals surface area contributed by atoms with Gasteiger partial charge in [-0.25, -0.2) is 0 Å². The van der Waals surface area contributed by atoms with Gasteiger partial charge in [0, 0.05) is 5.69 Å². The Morgan fingerprint density at radius 1 is 0.917 bits per heavy atom. The molecular weight excluding hydrogens is 315 g/mol. The summed E-state index contributed by atoms with van der Waals surface area (Å²) in [7, 11) is 0. The Hall–Kier alpha value is -2.30. The summed E-state index contributed by atoms with van der Waals surface area (Å²) in [4.78, 5) is 12.7. The third-order valence-corrected chi connectivity index (χ3v) is 4.05. The van der Waals surface area contributed by atoms with Gasteiger partial charge in [0.15, 0.2) is 0 Å². The van der Waals surface area contributed by atoms with Crippen LogP contribution in [0.1, 0.15) is 30.0 Å². The first-order valence-electron chi connectivity index (χ1n) is 7.62. The molecule has 0 saturated carbocycles. The maximum absolute atomic E-state index is 13.1. The number of alkyl halides is 3. The molecule has 0 aliphatic carbocycles. The molecule has 0 saturated heterocycles. The molecule has 0 aliphatic heterocycles. The molecule has 0 aromatic heterocycles. The van der Waals surface area contributed by atoms with E-state index in [0.717, 1.165) is 11.1 Å². The van der Waals surface area contributed by atoms with E-state index in [4.69, 9.17) is 0 Å². The molecular formula is C19H20F3NO. The zero-order valence-corrected chi connectivity index (χ0v) is 13.9. The molecule has 1 N–H and O–H groups in total. The largest absolute Gasteiger partial charge is 0.390 e. The van der Waals surface area contributed by atoms with Gasteiger partial charge >= 0.3 is 6.18 Å². The molecule has 2 aromatic carbocycles. The highest BCUT2D eigenvalue weighted by molar-refractivity contribution is 5.99. The molecule has 1 amide bonds. The van der Waals surface area contributed by atoms with Gasteiger partial charge in [-0.15, -0.1) is 0 Å². The summed E-state index contributed by atoms with van der Waals surface area (Å²) in [5.74, 6) is -0.674. The SMILES string of the molecule is Cc1ccc(NC(=O)C(C)(CC(F)(F)F)c2ccc(C)cc2)cc1. The van der Waals surface area contributed by atoms with E-state index < -0.39 is 23.9 Å². The summed E-state index contributed by atoms with van der Waals surface area (Å²) in [5.41, 5.74) is 1.05. The van der Waals surface area contributed by atoms with Gasteiger partial charge in [-0.1, -0.05) is 47.5 Å². The average molecular weight is 335 g/mol. The molecule has 0 bridgehead atoms. The van der Waals surface area contributed by atoms with Gasteiger partial charge in [0.25, 0.3) is 0 Å². The first-order chi connectivity index (χ1) is 11.1. The van der Waals surface area contributed by atoms with Crippen molar-refractivity contribution in [3.8, 4) is 0 Å². The van der Waals surface area contributed by atoms with Crippen molar-refractivity contribution in [1.82, 2.24) is 0 Å². The Kier molecular flexibility index (Phi) is 5.02. The Morgan fingerprint density at radius 2 is 1.38 bits per heavy atom. The number of benzene rings is 2. The van der Waals surface area contributed by atoms with E-state index >= 15 is 0 Å². The first kappa shape index (κ1) is 18.0. The van der Waals surface area contributed by atoms with Crippen LogP contribution in [0, 0.1) is 13.8 Å². The topological polar surface area (TPSA) is 29.1 Å². The van der Waals surface area contributed by atoms with Crippen LogP contribution < -0.4 is 5.32 Å². The first-order valence-corrected chi connectivity index (χ1v) is 7.62. The summed E-state index contributed by atoms with van der Waals surface area (Å²) < 4.78 is 39.3. The lowest BCUT2D eigenvalue weighted by Crippen LogP contribution is -2.41. The van der Waals surface area contributed by atoms with Crippen LogP contribution in [-0.2, 0) is 10.2 Å². The van der Waals surface area contributed by atoms with Crippen LogP contribution in [-0.4, -0.2) is 12.1 Å². The number of amides is 1. The Labute approximate surface area is 139 Å². The molecule has 0 heterocycles. The summed E-state index contributed by atoms with van der Waals surface area (Å²) in [6.07, 6.45) is -5.68. The number of hydrogen-bond donors (Lipinski definition) is 1. The summed E-state index contributed by atoms with van der Waals surface area (Å²) in [5, 5.41) is 2.61. The van der Waals surface area contributed by atoms with Gasteiger partial charge in [0.2, 0.25) is 5.91 Å². The second-order valence-electron chi connectivity index (χ2n) is 6.31. The second-order valence-corrected chi connectivity index (χ2v) is 6.31. The van der Waals surface area contributed by atoms with Crippen LogP contribution in [0.25, 0.3) is 0 Å². The summed E-state index contributed by atoms with van der Waals surface area (Å²) >= 11 is 0. The quantitative estimate of drug-likeness (QED) is 0.822.